The van der Waals surface area contributed by atoms with E-state index in [1.807, 2.05) is 25.7 Å². The van der Waals surface area contributed by atoms with Crippen LogP contribution in [-0.2, 0) is 4.74 Å². The van der Waals surface area contributed by atoms with Crippen LogP contribution in [0.3, 0.4) is 0 Å². The minimum absolute atomic E-state index is 0. The molecule has 2 rings (SSSR count). The van der Waals surface area contributed by atoms with E-state index in [1.165, 1.54) is 12.8 Å². The van der Waals surface area contributed by atoms with Gasteiger partial charge in [-0.25, -0.2) is 4.79 Å². The zero-order valence-corrected chi connectivity index (χ0v) is 20.1. The lowest BCUT2D eigenvalue weighted by Crippen LogP contribution is -2.46. The number of aliphatic imine (C=N–C) groups is 1. The minimum Gasteiger partial charge on any atom is -0.444 e. The molecule has 1 amide bonds. The smallest absolute Gasteiger partial charge is 0.410 e. The molecule has 2 heterocycles. The monoisotopic (exact) mass is 494 g/mol. The Morgan fingerprint density at radius 1 is 1.15 bits per heavy atom. The standard InChI is InChI=1S/C20H38N4O2.HI/c1-6-21-18(24-11-7-8-16(2)15-24)22-14-17-9-12-23(13-10-17)19(25)26-20(3,4)5;/h16-17H,6-15H2,1-5H3,(H,21,22);1H. The number of amides is 1. The predicted molar refractivity (Wildman–Crippen MR) is 122 cm³/mol. The van der Waals surface area contributed by atoms with Crippen LogP contribution in [0.15, 0.2) is 4.99 Å². The van der Waals surface area contributed by atoms with Gasteiger partial charge in [-0.2, -0.15) is 0 Å². The van der Waals surface area contributed by atoms with Gasteiger partial charge in [0.1, 0.15) is 5.60 Å². The Labute approximate surface area is 182 Å². The molecular formula is C20H39IN4O2. The lowest BCUT2D eigenvalue weighted by atomic mass is 9.97. The normalized spacial score (nSPS) is 22.3. The lowest BCUT2D eigenvalue weighted by molar-refractivity contribution is 0.0187. The molecule has 2 saturated heterocycles. The second-order valence-electron chi connectivity index (χ2n) is 8.80. The predicted octanol–water partition coefficient (Wildman–Crippen LogP) is 3.95. The van der Waals surface area contributed by atoms with Crippen molar-refractivity contribution in [2.75, 3.05) is 39.3 Å². The molecule has 7 heteroatoms. The summed E-state index contributed by atoms with van der Waals surface area (Å²) in [6, 6.07) is 0. The Hall–Kier alpha value is -0.730. The quantitative estimate of drug-likeness (QED) is 0.367. The highest BCUT2D eigenvalue weighted by Crippen LogP contribution is 2.21. The third-order valence-electron chi connectivity index (χ3n) is 5.06. The fraction of sp³-hybridized carbons (Fsp3) is 0.900. The molecule has 0 aromatic heterocycles. The van der Waals surface area contributed by atoms with Gasteiger partial charge < -0.3 is 19.9 Å². The van der Waals surface area contributed by atoms with E-state index in [-0.39, 0.29) is 30.1 Å². The topological polar surface area (TPSA) is 57.2 Å². The maximum atomic E-state index is 12.2. The van der Waals surface area contributed by atoms with Crippen LogP contribution >= 0.6 is 24.0 Å². The van der Waals surface area contributed by atoms with Crippen molar-refractivity contribution in [1.29, 1.82) is 0 Å². The Morgan fingerprint density at radius 2 is 1.81 bits per heavy atom. The molecule has 0 spiro atoms. The van der Waals surface area contributed by atoms with Crippen LogP contribution in [0, 0.1) is 11.8 Å². The second-order valence-corrected chi connectivity index (χ2v) is 8.80. The van der Waals surface area contributed by atoms with E-state index in [0.29, 0.717) is 5.92 Å². The summed E-state index contributed by atoms with van der Waals surface area (Å²) in [6.45, 7) is 15.7. The molecule has 0 saturated carbocycles. The molecule has 2 aliphatic heterocycles. The number of carbonyl (C=O) groups excluding carboxylic acids is 1. The van der Waals surface area contributed by atoms with Gasteiger partial charge >= 0.3 is 6.09 Å². The molecule has 158 valence electrons. The summed E-state index contributed by atoms with van der Waals surface area (Å²) in [5.41, 5.74) is -0.426. The Morgan fingerprint density at radius 3 is 2.37 bits per heavy atom. The van der Waals surface area contributed by atoms with Crippen molar-refractivity contribution in [3.05, 3.63) is 0 Å². The Bertz CT molecular complexity index is 485. The first-order valence-corrected chi connectivity index (χ1v) is 10.3. The van der Waals surface area contributed by atoms with Crippen LogP contribution < -0.4 is 5.32 Å². The average molecular weight is 494 g/mol. The van der Waals surface area contributed by atoms with E-state index in [4.69, 9.17) is 9.73 Å². The van der Waals surface area contributed by atoms with Gasteiger partial charge in [-0.3, -0.25) is 4.99 Å². The van der Waals surface area contributed by atoms with E-state index in [9.17, 15) is 4.79 Å². The van der Waals surface area contributed by atoms with Crippen molar-refractivity contribution in [1.82, 2.24) is 15.1 Å². The summed E-state index contributed by atoms with van der Waals surface area (Å²) < 4.78 is 5.47. The van der Waals surface area contributed by atoms with Crippen LogP contribution in [0.1, 0.15) is 60.3 Å². The van der Waals surface area contributed by atoms with Crippen LogP contribution in [0.5, 0.6) is 0 Å². The number of nitrogens with one attached hydrogen (secondary N) is 1. The summed E-state index contributed by atoms with van der Waals surface area (Å²) in [5, 5.41) is 3.46. The fourth-order valence-corrected chi connectivity index (χ4v) is 3.65. The third-order valence-corrected chi connectivity index (χ3v) is 5.06. The van der Waals surface area contributed by atoms with Crippen molar-refractivity contribution in [3.63, 3.8) is 0 Å². The van der Waals surface area contributed by atoms with E-state index in [2.05, 4.69) is 24.1 Å². The van der Waals surface area contributed by atoms with Crippen LogP contribution in [0.4, 0.5) is 4.79 Å². The van der Waals surface area contributed by atoms with Gasteiger partial charge in [0.2, 0.25) is 0 Å². The zero-order chi connectivity index (χ0) is 19.2. The van der Waals surface area contributed by atoms with Gasteiger partial charge in [-0.15, -0.1) is 24.0 Å². The second kappa shape index (κ2) is 11.3. The number of hydrogen-bond donors (Lipinski definition) is 1. The highest BCUT2D eigenvalue weighted by Gasteiger charge is 2.27. The van der Waals surface area contributed by atoms with Gasteiger partial charge in [-0.05, 0) is 65.2 Å². The molecule has 1 atom stereocenters. The molecule has 2 aliphatic rings. The van der Waals surface area contributed by atoms with Gasteiger partial charge in [-0.1, -0.05) is 6.92 Å². The molecule has 27 heavy (non-hydrogen) atoms. The number of likely N-dealkylation sites (tertiary alicyclic amines) is 2. The fourth-order valence-electron chi connectivity index (χ4n) is 3.65. The van der Waals surface area contributed by atoms with Crippen molar-refractivity contribution in [2.45, 2.75) is 65.9 Å². The molecule has 0 bridgehead atoms. The van der Waals surface area contributed by atoms with E-state index < -0.39 is 5.60 Å². The first-order valence-electron chi connectivity index (χ1n) is 10.3. The molecule has 1 unspecified atom stereocenters. The van der Waals surface area contributed by atoms with E-state index in [0.717, 1.165) is 64.0 Å². The van der Waals surface area contributed by atoms with E-state index >= 15 is 0 Å². The first-order chi connectivity index (χ1) is 12.3. The van der Waals surface area contributed by atoms with Crippen molar-refractivity contribution < 1.29 is 9.53 Å². The largest absolute Gasteiger partial charge is 0.444 e. The van der Waals surface area contributed by atoms with Crippen LogP contribution in [-0.4, -0.2) is 66.7 Å². The number of ether oxygens (including phenoxy) is 1. The van der Waals surface area contributed by atoms with Gasteiger partial charge in [0.25, 0.3) is 0 Å². The summed E-state index contributed by atoms with van der Waals surface area (Å²) in [7, 11) is 0. The number of halogens is 1. The lowest BCUT2D eigenvalue weighted by Gasteiger charge is -2.35. The summed E-state index contributed by atoms with van der Waals surface area (Å²) >= 11 is 0. The van der Waals surface area contributed by atoms with Crippen LogP contribution in [0.25, 0.3) is 0 Å². The van der Waals surface area contributed by atoms with Gasteiger partial charge in [0.05, 0.1) is 0 Å². The number of guanidine groups is 1. The number of hydrogen-bond acceptors (Lipinski definition) is 3. The average Bonchev–Trinajstić information content (AvgIpc) is 2.57. The number of carbonyl (C=O) groups is 1. The van der Waals surface area contributed by atoms with Crippen molar-refractivity contribution in [2.24, 2.45) is 16.8 Å². The van der Waals surface area contributed by atoms with E-state index in [1.54, 1.807) is 0 Å². The number of nitrogens with zero attached hydrogens (tertiary/aromatic N) is 3. The van der Waals surface area contributed by atoms with Crippen LogP contribution in [0.2, 0.25) is 0 Å². The highest BCUT2D eigenvalue weighted by molar-refractivity contribution is 14.0. The zero-order valence-electron chi connectivity index (χ0n) is 17.8. The molecule has 0 aliphatic carbocycles. The molecule has 2 fully saturated rings. The number of rotatable bonds is 3. The third kappa shape index (κ3) is 8.44. The molecule has 0 radical (unpaired) electrons. The molecule has 1 N–H and O–H groups in total. The SMILES string of the molecule is CCNC(=NCC1CCN(C(=O)OC(C)(C)C)CC1)N1CCCC(C)C1.I. The molecule has 0 aromatic rings. The van der Waals surface area contributed by atoms with Gasteiger partial charge in [0, 0.05) is 39.3 Å². The minimum atomic E-state index is -0.426. The van der Waals surface area contributed by atoms with Gasteiger partial charge in [0.15, 0.2) is 5.96 Å². The Kier molecular flexibility index (Phi) is 10.2. The molecular weight excluding hydrogens is 455 g/mol. The Balaban J connectivity index is 0.00000364. The summed E-state index contributed by atoms with van der Waals surface area (Å²) in [5.74, 6) is 2.35. The van der Waals surface area contributed by atoms with Crippen molar-refractivity contribution in [3.8, 4) is 0 Å². The maximum Gasteiger partial charge on any atom is 0.410 e. The highest BCUT2D eigenvalue weighted by atomic mass is 127. The van der Waals surface area contributed by atoms with Crippen molar-refractivity contribution >= 4 is 36.0 Å². The first kappa shape index (κ1) is 24.3. The number of piperidine rings is 2. The molecule has 0 aromatic carbocycles. The summed E-state index contributed by atoms with van der Waals surface area (Å²) in [6.07, 6.45) is 4.38. The summed E-state index contributed by atoms with van der Waals surface area (Å²) in [4.78, 5) is 21.3. The molecule has 6 nitrogen and oxygen atoms in total. The maximum absolute atomic E-state index is 12.2.